The van der Waals surface area contributed by atoms with Gasteiger partial charge in [0.15, 0.2) is 6.29 Å². The van der Waals surface area contributed by atoms with Crippen LogP contribution in [-0.4, -0.2) is 105 Å². The van der Waals surface area contributed by atoms with Gasteiger partial charge in [-0.25, -0.2) is 0 Å². The molecule has 0 radical (unpaired) electrons. The van der Waals surface area contributed by atoms with E-state index in [9.17, 15) is 35.4 Å². The highest BCUT2D eigenvalue weighted by molar-refractivity contribution is 5.79. The average Bonchev–Trinajstić information content (AvgIpc) is 3.07. The lowest BCUT2D eigenvalue weighted by molar-refractivity contribution is -0.337. The molecule has 11 heteroatoms. The highest BCUT2D eigenvalue weighted by Gasteiger charge is 2.73. The van der Waals surface area contributed by atoms with Crippen LogP contribution in [0.5, 0.6) is 0 Å². The van der Waals surface area contributed by atoms with Crippen LogP contribution in [0.15, 0.2) is 11.6 Å². The van der Waals surface area contributed by atoms with E-state index in [0.717, 1.165) is 37.7 Å². The Balaban J connectivity index is 1.24. The van der Waals surface area contributed by atoms with Gasteiger partial charge >= 0.3 is 5.97 Å². The summed E-state index contributed by atoms with van der Waals surface area (Å²) >= 11 is 0. The third kappa shape index (κ3) is 5.18. The lowest BCUT2D eigenvalue weighted by atomic mass is 9.33. The molecule has 0 spiro atoms. The predicted octanol–water partition coefficient (Wildman–Crippen LogP) is 3.59. The second-order valence-corrected chi connectivity index (χ2v) is 19.0. The van der Waals surface area contributed by atoms with Crippen LogP contribution in [-0.2, 0) is 23.7 Å². The molecule has 0 aromatic rings. The summed E-state index contributed by atoms with van der Waals surface area (Å²) in [6.07, 6.45) is 0.863. The minimum absolute atomic E-state index is 0.0917. The maximum atomic E-state index is 14.6. The molecule has 0 aromatic heterocycles. The van der Waals surface area contributed by atoms with Crippen LogP contribution >= 0.6 is 0 Å². The fraction of sp³-hybridized carbons (Fsp3) is 0.925. The monoisotopic (exact) mass is 720 g/mol. The van der Waals surface area contributed by atoms with Crippen LogP contribution in [0.25, 0.3) is 0 Å². The molecular weight excluding hydrogens is 656 g/mol. The van der Waals surface area contributed by atoms with Gasteiger partial charge in [0, 0.05) is 11.3 Å². The molecule has 2 heterocycles. The maximum Gasteiger partial charge on any atom is 0.315 e. The van der Waals surface area contributed by atoms with Crippen LogP contribution in [0.4, 0.5) is 0 Å². The third-order valence-electron chi connectivity index (χ3n) is 16.7. The van der Waals surface area contributed by atoms with Crippen LogP contribution in [0.2, 0.25) is 0 Å². The van der Waals surface area contributed by atoms with Crippen LogP contribution in [0.1, 0.15) is 113 Å². The van der Waals surface area contributed by atoms with Crippen molar-refractivity contribution in [1.82, 2.24) is 0 Å². The molecule has 0 bridgehead atoms. The van der Waals surface area contributed by atoms with Crippen molar-refractivity contribution in [3.8, 4) is 0 Å². The van der Waals surface area contributed by atoms with Gasteiger partial charge in [-0.15, -0.1) is 0 Å². The van der Waals surface area contributed by atoms with Gasteiger partial charge < -0.3 is 49.6 Å². The van der Waals surface area contributed by atoms with E-state index in [1.54, 1.807) is 0 Å². The number of carbonyl (C=O) groups excluding carboxylic acids is 1. The Morgan fingerprint density at radius 3 is 2.33 bits per heavy atom. The topological polar surface area (TPSA) is 175 Å². The van der Waals surface area contributed by atoms with E-state index >= 15 is 0 Å². The van der Waals surface area contributed by atoms with Crippen molar-refractivity contribution in [3.63, 3.8) is 0 Å². The smallest absolute Gasteiger partial charge is 0.315 e. The van der Waals surface area contributed by atoms with E-state index in [4.69, 9.17) is 18.9 Å². The second-order valence-electron chi connectivity index (χ2n) is 19.0. The number of allylic oxidation sites excluding steroid dienone is 1. The molecular formula is C40H64O11. The van der Waals surface area contributed by atoms with E-state index in [0.29, 0.717) is 44.6 Å². The minimum atomic E-state index is -1.70. The van der Waals surface area contributed by atoms with Gasteiger partial charge in [0.25, 0.3) is 0 Å². The summed E-state index contributed by atoms with van der Waals surface area (Å²) in [7, 11) is 0. The fourth-order valence-corrected chi connectivity index (χ4v) is 13.4. The summed E-state index contributed by atoms with van der Waals surface area (Å²) in [4.78, 5) is 14.6. The largest absolute Gasteiger partial charge is 0.432 e. The average molecular weight is 721 g/mol. The number of carbonyl (C=O) groups is 1. The summed E-state index contributed by atoms with van der Waals surface area (Å²) in [6.45, 7) is 15.4. The van der Waals surface area contributed by atoms with Crippen molar-refractivity contribution in [2.45, 2.75) is 167 Å². The Labute approximate surface area is 303 Å². The molecule has 18 atom stereocenters. The number of fused-ring (bicyclic) bond motifs is 9. The summed E-state index contributed by atoms with van der Waals surface area (Å²) in [5.41, 5.74) is -2.28. The highest BCUT2D eigenvalue weighted by atomic mass is 16.7. The number of hydrogen-bond acceptors (Lipinski definition) is 11. The van der Waals surface area contributed by atoms with E-state index in [2.05, 4.69) is 40.7 Å². The first-order valence-electron chi connectivity index (χ1n) is 19.8. The molecule has 2 aliphatic heterocycles. The van der Waals surface area contributed by atoms with Crippen molar-refractivity contribution in [3.05, 3.63) is 11.6 Å². The summed E-state index contributed by atoms with van der Waals surface area (Å²) < 4.78 is 24.4. The lowest BCUT2D eigenvalue weighted by Crippen LogP contribution is -2.71. The van der Waals surface area contributed by atoms with Crippen LogP contribution in [0.3, 0.4) is 0 Å². The van der Waals surface area contributed by atoms with Gasteiger partial charge in [0.2, 0.25) is 6.29 Å². The van der Waals surface area contributed by atoms with Crippen LogP contribution < -0.4 is 0 Å². The van der Waals surface area contributed by atoms with Gasteiger partial charge in [-0.2, -0.15) is 0 Å². The van der Waals surface area contributed by atoms with Crippen molar-refractivity contribution >= 4 is 5.97 Å². The molecule has 11 nitrogen and oxygen atoms in total. The SMILES string of the molecule is CCC[C@@H]1OC[C@@]2(C)[C@@H]3CC[C@]4(C)[C@H](CC=C5[C@H]6[C@](C(=O)O[C@H]7O[C@@H](CO)[C@H](O)[C@@H](O)[C@@H]7O)(CC[C@@H](C)[C@@]6(C)O)CC[C@]54C)[C@@]3(C)C[C@@H](O)[C@@H]2O1. The maximum absolute atomic E-state index is 14.6. The number of aliphatic hydroxyl groups excluding tert-OH is 5. The Morgan fingerprint density at radius 1 is 0.922 bits per heavy atom. The molecule has 0 aromatic carbocycles. The molecule has 7 rings (SSSR count). The van der Waals surface area contributed by atoms with E-state index in [1.165, 1.54) is 0 Å². The Hall–Kier alpha value is -1.15. The number of ether oxygens (including phenoxy) is 4. The summed E-state index contributed by atoms with van der Waals surface area (Å²) in [6, 6.07) is 0. The molecule has 6 fully saturated rings. The Morgan fingerprint density at radius 2 is 1.65 bits per heavy atom. The first-order valence-corrected chi connectivity index (χ1v) is 19.8. The normalized spacial score (nSPS) is 56.7. The standard InChI is InChI=1S/C40H64O11/c1-8-9-27-48-20-36(4)25-13-14-38(6)26(35(25,3)18-23(42)32(36)50-27)11-10-22-31-39(7,47)21(2)12-15-40(31,17-16-37(22,38)5)34(46)51-33-30(45)29(44)28(43)24(19-41)49-33/h10,21,23-33,41-45,47H,8-9,11-20H2,1-7H3/t21-,23-,24+,25-,26-,27-,28+,29-,30+,31-,32+,33-,35+,36+,37-,38-,39-,40+/m1/s1. The highest BCUT2D eigenvalue weighted by Crippen LogP contribution is 2.76. The van der Waals surface area contributed by atoms with Crippen molar-refractivity contribution in [1.29, 1.82) is 0 Å². The van der Waals surface area contributed by atoms with Gasteiger partial charge in [0.05, 0.1) is 36.4 Å². The first-order chi connectivity index (χ1) is 23.9. The van der Waals surface area contributed by atoms with E-state index in [1.807, 2.05) is 13.8 Å². The molecule has 6 N–H and O–H groups in total. The number of rotatable bonds is 5. The molecule has 7 aliphatic rings. The molecule has 51 heavy (non-hydrogen) atoms. The zero-order chi connectivity index (χ0) is 37.1. The fourth-order valence-electron chi connectivity index (χ4n) is 13.4. The van der Waals surface area contributed by atoms with Gasteiger partial charge in [0.1, 0.15) is 24.4 Å². The van der Waals surface area contributed by atoms with Crippen LogP contribution in [0, 0.1) is 50.7 Å². The third-order valence-corrected chi connectivity index (χ3v) is 16.7. The summed E-state index contributed by atoms with van der Waals surface area (Å²) in [5.74, 6) is -0.694. The second kappa shape index (κ2) is 12.7. The molecule has 290 valence electrons. The Kier molecular flexibility index (Phi) is 9.50. The van der Waals surface area contributed by atoms with Crippen molar-refractivity contribution < 1.29 is 54.4 Å². The Bertz CT molecular complexity index is 1380. The number of hydrogen-bond donors (Lipinski definition) is 6. The molecule has 0 amide bonds. The van der Waals surface area contributed by atoms with Gasteiger partial charge in [-0.05, 0) is 98.7 Å². The zero-order valence-electron chi connectivity index (χ0n) is 31.7. The first kappa shape index (κ1) is 38.1. The molecule has 2 saturated heterocycles. The number of aliphatic hydroxyl groups is 6. The predicted molar refractivity (Wildman–Crippen MR) is 186 cm³/mol. The van der Waals surface area contributed by atoms with Gasteiger partial charge in [-0.3, -0.25) is 4.79 Å². The molecule has 4 saturated carbocycles. The minimum Gasteiger partial charge on any atom is -0.432 e. The quantitative estimate of drug-likeness (QED) is 0.181. The molecule has 0 unspecified atom stereocenters. The van der Waals surface area contributed by atoms with Crippen molar-refractivity contribution in [2.24, 2.45) is 50.7 Å². The van der Waals surface area contributed by atoms with Crippen molar-refractivity contribution in [2.75, 3.05) is 13.2 Å². The van der Waals surface area contributed by atoms with E-state index in [-0.39, 0.29) is 45.9 Å². The number of esters is 1. The van der Waals surface area contributed by atoms with E-state index < -0.39 is 66.3 Å². The van der Waals surface area contributed by atoms with Gasteiger partial charge in [-0.1, -0.05) is 59.6 Å². The zero-order valence-corrected chi connectivity index (χ0v) is 31.7. The molecule has 5 aliphatic carbocycles. The lowest BCUT2D eigenvalue weighted by Gasteiger charge is -2.72. The summed E-state index contributed by atoms with van der Waals surface area (Å²) in [5, 5.41) is 65.6.